The predicted molar refractivity (Wildman–Crippen MR) is 103 cm³/mol. The van der Waals surface area contributed by atoms with Crippen LogP contribution in [0.1, 0.15) is 19.4 Å². The van der Waals surface area contributed by atoms with E-state index in [0.29, 0.717) is 45.8 Å². The molecule has 27 heavy (non-hydrogen) atoms. The molecule has 150 valence electrons. The summed E-state index contributed by atoms with van der Waals surface area (Å²) in [6.07, 6.45) is 0.125. The van der Waals surface area contributed by atoms with Crippen molar-refractivity contribution in [3.8, 4) is 0 Å². The Labute approximate surface area is 161 Å². The second-order valence-electron chi connectivity index (χ2n) is 7.62. The Hall–Kier alpha value is -1.48. The monoisotopic (exact) mass is 396 g/mol. The minimum absolute atomic E-state index is 0.0334. The molecule has 2 atom stereocenters. The van der Waals surface area contributed by atoms with Crippen LogP contribution in [0.25, 0.3) is 0 Å². The Morgan fingerprint density at radius 1 is 1.11 bits per heavy atom. The molecule has 2 saturated heterocycles. The first-order valence-electron chi connectivity index (χ1n) is 9.62. The van der Waals surface area contributed by atoms with Crippen LogP contribution in [0.3, 0.4) is 0 Å². The maximum absolute atomic E-state index is 12.6. The number of morpholine rings is 1. The topological polar surface area (TPSA) is 71.4 Å². The van der Waals surface area contributed by atoms with Crippen molar-refractivity contribution in [3.63, 3.8) is 0 Å². The van der Waals surface area contributed by atoms with Crippen LogP contribution in [0.15, 0.2) is 30.3 Å². The van der Waals surface area contributed by atoms with Gasteiger partial charge in [0.1, 0.15) is 0 Å². The molecular formula is C19H30N3O4S+. The SMILES string of the molecule is C[C@H]1CN(C(=O)C[NH+]2CCN(S(=O)(=O)Cc3ccccc3)CC2)C[C@H](C)O1. The lowest BCUT2D eigenvalue weighted by Gasteiger charge is -2.37. The fourth-order valence-corrected chi connectivity index (χ4v) is 5.38. The summed E-state index contributed by atoms with van der Waals surface area (Å²) in [4.78, 5) is 15.6. The molecule has 8 heteroatoms. The Kier molecular flexibility index (Phi) is 6.52. The molecule has 1 N–H and O–H groups in total. The van der Waals surface area contributed by atoms with Gasteiger partial charge in [0.25, 0.3) is 5.91 Å². The van der Waals surface area contributed by atoms with Gasteiger partial charge in [-0.25, -0.2) is 8.42 Å². The minimum atomic E-state index is -3.32. The van der Waals surface area contributed by atoms with Crippen molar-refractivity contribution >= 4 is 15.9 Å². The molecule has 2 heterocycles. The van der Waals surface area contributed by atoms with Crippen molar-refractivity contribution in [1.82, 2.24) is 9.21 Å². The van der Waals surface area contributed by atoms with E-state index in [1.54, 1.807) is 4.31 Å². The largest absolute Gasteiger partial charge is 0.372 e. The Balaban J connectivity index is 1.49. The third-order valence-electron chi connectivity index (χ3n) is 5.19. The summed E-state index contributed by atoms with van der Waals surface area (Å²) in [5.41, 5.74) is 0.804. The van der Waals surface area contributed by atoms with Crippen LogP contribution in [-0.2, 0) is 25.3 Å². The summed E-state index contributed by atoms with van der Waals surface area (Å²) in [6, 6.07) is 9.26. The Morgan fingerprint density at radius 3 is 2.30 bits per heavy atom. The number of carbonyl (C=O) groups excluding carboxylic acids is 1. The molecule has 0 radical (unpaired) electrons. The van der Waals surface area contributed by atoms with E-state index in [-0.39, 0.29) is 23.9 Å². The molecule has 0 bridgehead atoms. The molecule has 2 aliphatic heterocycles. The molecular weight excluding hydrogens is 366 g/mol. The lowest BCUT2D eigenvalue weighted by molar-refractivity contribution is -0.896. The first-order valence-corrected chi connectivity index (χ1v) is 11.2. The highest BCUT2D eigenvalue weighted by molar-refractivity contribution is 7.88. The quantitative estimate of drug-likeness (QED) is 0.718. The van der Waals surface area contributed by atoms with Gasteiger partial charge in [-0.05, 0) is 19.4 Å². The summed E-state index contributed by atoms with van der Waals surface area (Å²) >= 11 is 0. The van der Waals surface area contributed by atoms with E-state index in [4.69, 9.17) is 4.74 Å². The maximum atomic E-state index is 12.6. The number of nitrogens with one attached hydrogen (secondary N) is 1. The molecule has 0 unspecified atom stereocenters. The van der Waals surface area contributed by atoms with Crippen molar-refractivity contribution < 1.29 is 22.8 Å². The lowest BCUT2D eigenvalue weighted by atomic mass is 10.2. The number of carbonyl (C=O) groups is 1. The summed E-state index contributed by atoms with van der Waals surface area (Å²) in [5.74, 6) is 0.165. The molecule has 7 nitrogen and oxygen atoms in total. The van der Waals surface area contributed by atoms with Crippen LogP contribution in [0.4, 0.5) is 0 Å². The van der Waals surface area contributed by atoms with Crippen molar-refractivity contribution in [1.29, 1.82) is 0 Å². The van der Waals surface area contributed by atoms with Crippen molar-refractivity contribution in [3.05, 3.63) is 35.9 Å². The molecule has 0 spiro atoms. The smallest absolute Gasteiger partial charge is 0.277 e. The van der Waals surface area contributed by atoms with E-state index >= 15 is 0 Å². The van der Waals surface area contributed by atoms with E-state index in [2.05, 4.69) is 0 Å². The highest BCUT2D eigenvalue weighted by Crippen LogP contribution is 2.12. The number of amides is 1. The number of hydrogen-bond acceptors (Lipinski definition) is 4. The van der Waals surface area contributed by atoms with Crippen LogP contribution in [0.2, 0.25) is 0 Å². The number of sulfonamides is 1. The van der Waals surface area contributed by atoms with E-state index in [0.717, 1.165) is 10.5 Å². The second kappa shape index (κ2) is 8.68. The fraction of sp³-hybridized carbons (Fsp3) is 0.632. The Morgan fingerprint density at radius 2 is 1.70 bits per heavy atom. The molecule has 0 saturated carbocycles. The number of nitrogens with zero attached hydrogens (tertiary/aromatic N) is 2. The van der Waals surface area contributed by atoms with Gasteiger partial charge in [0.2, 0.25) is 10.0 Å². The minimum Gasteiger partial charge on any atom is -0.372 e. The summed E-state index contributed by atoms with van der Waals surface area (Å²) in [7, 11) is -3.32. The van der Waals surface area contributed by atoms with Gasteiger partial charge in [0.05, 0.1) is 44.1 Å². The van der Waals surface area contributed by atoms with E-state index in [1.807, 2.05) is 49.1 Å². The van der Waals surface area contributed by atoms with E-state index in [1.165, 1.54) is 0 Å². The summed E-state index contributed by atoms with van der Waals surface area (Å²) < 4.78 is 32.5. The zero-order chi connectivity index (χ0) is 19.4. The third kappa shape index (κ3) is 5.51. The van der Waals surface area contributed by atoms with Crippen LogP contribution in [0, 0.1) is 0 Å². The van der Waals surface area contributed by atoms with Crippen LogP contribution >= 0.6 is 0 Å². The highest BCUT2D eigenvalue weighted by atomic mass is 32.2. The predicted octanol–water partition coefficient (Wildman–Crippen LogP) is -0.647. The lowest BCUT2D eigenvalue weighted by Crippen LogP contribution is -3.15. The number of benzene rings is 1. The highest BCUT2D eigenvalue weighted by Gasteiger charge is 2.32. The average Bonchev–Trinajstić information content (AvgIpc) is 2.62. The van der Waals surface area contributed by atoms with Gasteiger partial charge in [0, 0.05) is 13.1 Å². The number of quaternary nitrogens is 1. The van der Waals surface area contributed by atoms with Crippen LogP contribution < -0.4 is 4.90 Å². The molecule has 0 aromatic heterocycles. The van der Waals surface area contributed by atoms with Crippen molar-refractivity contribution in [2.24, 2.45) is 0 Å². The molecule has 2 fully saturated rings. The van der Waals surface area contributed by atoms with Gasteiger partial charge in [0.15, 0.2) is 6.54 Å². The zero-order valence-electron chi connectivity index (χ0n) is 16.1. The van der Waals surface area contributed by atoms with Gasteiger partial charge in [-0.1, -0.05) is 30.3 Å². The van der Waals surface area contributed by atoms with Gasteiger partial charge >= 0.3 is 0 Å². The number of ether oxygens (including phenoxy) is 1. The molecule has 2 aliphatic rings. The standard InChI is InChI=1S/C19H29N3O4S/c1-16-12-21(13-17(2)26-16)19(23)14-20-8-10-22(11-9-20)27(24,25)15-18-6-4-3-5-7-18/h3-7,16-17H,8-15H2,1-2H3/p+1/t16-,17-/m0/s1. The molecule has 1 aromatic carbocycles. The van der Waals surface area contributed by atoms with E-state index < -0.39 is 10.0 Å². The molecule has 3 rings (SSSR count). The first kappa shape index (κ1) is 20.3. The molecule has 1 amide bonds. The summed E-state index contributed by atoms with van der Waals surface area (Å²) in [5, 5.41) is 0. The average molecular weight is 397 g/mol. The van der Waals surface area contributed by atoms with Crippen LogP contribution in [0.5, 0.6) is 0 Å². The maximum Gasteiger partial charge on any atom is 0.277 e. The van der Waals surface area contributed by atoms with Crippen LogP contribution in [-0.4, -0.2) is 81.6 Å². The van der Waals surface area contributed by atoms with Gasteiger partial charge in [-0.2, -0.15) is 4.31 Å². The fourth-order valence-electron chi connectivity index (χ4n) is 3.84. The zero-order valence-corrected chi connectivity index (χ0v) is 17.0. The number of hydrogen-bond donors (Lipinski definition) is 1. The van der Waals surface area contributed by atoms with Gasteiger partial charge in [-0.15, -0.1) is 0 Å². The first-order chi connectivity index (χ1) is 12.8. The normalized spacial score (nSPS) is 25.5. The van der Waals surface area contributed by atoms with Gasteiger partial charge in [-0.3, -0.25) is 4.79 Å². The van der Waals surface area contributed by atoms with E-state index in [9.17, 15) is 13.2 Å². The number of piperazine rings is 1. The summed E-state index contributed by atoms with van der Waals surface area (Å²) in [6.45, 7) is 7.91. The second-order valence-corrected chi connectivity index (χ2v) is 9.59. The number of rotatable bonds is 5. The van der Waals surface area contributed by atoms with Crippen molar-refractivity contribution in [2.45, 2.75) is 31.8 Å². The van der Waals surface area contributed by atoms with Crippen molar-refractivity contribution in [2.75, 3.05) is 45.8 Å². The van der Waals surface area contributed by atoms with Gasteiger partial charge < -0.3 is 14.5 Å². The Bertz CT molecular complexity index is 723. The third-order valence-corrected chi connectivity index (χ3v) is 7.04. The molecule has 1 aromatic rings. The molecule has 0 aliphatic carbocycles.